The predicted octanol–water partition coefficient (Wildman–Crippen LogP) is 0.626. The van der Waals surface area contributed by atoms with Crippen molar-refractivity contribution in [2.75, 3.05) is 6.54 Å². The van der Waals surface area contributed by atoms with Crippen molar-refractivity contribution in [2.45, 2.75) is 26.3 Å². The summed E-state index contributed by atoms with van der Waals surface area (Å²) in [5.74, 6) is 1.75. The average Bonchev–Trinajstić information content (AvgIpc) is 2.82. The third-order valence-corrected chi connectivity index (χ3v) is 2.37. The molecule has 2 rings (SSSR count). The van der Waals surface area contributed by atoms with Gasteiger partial charge in [0.1, 0.15) is 18.0 Å². The monoisotopic (exact) mass is 232 g/mol. The van der Waals surface area contributed by atoms with E-state index in [0.717, 1.165) is 43.3 Å². The minimum atomic E-state index is 0.778. The molecule has 0 aliphatic rings. The Balaban J connectivity index is 1.63. The highest BCUT2D eigenvalue weighted by molar-refractivity contribution is 5.00. The van der Waals surface area contributed by atoms with Crippen LogP contribution in [-0.4, -0.2) is 31.7 Å². The van der Waals surface area contributed by atoms with Gasteiger partial charge in [0.05, 0.1) is 5.69 Å². The number of nitrogens with one attached hydrogen (secondary N) is 2. The molecule has 90 valence electrons. The number of nitrogens with zero attached hydrogens (tertiary/aromatic N) is 4. The second kappa shape index (κ2) is 6.05. The molecule has 0 radical (unpaired) electrons. The topological polar surface area (TPSA) is 79.4 Å². The molecule has 0 bridgehead atoms. The Morgan fingerprint density at radius 1 is 1.35 bits per heavy atom. The van der Waals surface area contributed by atoms with Crippen LogP contribution in [0.2, 0.25) is 0 Å². The van der Waals surface area contributed by atoms with Crippen molar-refractivity contribution in [3.63, 3.8) is 0 Å². The van der Waals surface area contributed by atoms with Crippen LogP contribution >= 0.6 is 0 Å². The molecule has 0 aliphatic carbocycles. The Morgan fingerprint density at radius 2 is 2.29 bits per heavy atom. The zero-order valence-corrected chi connectivity index (χ0v) is 9.85. The highest BCUT2D eigenvalue weighted by Gasteiger charge is 1.97. The van der Waals surface area contributed by atoms with E-state index in [-0.39, 0.29) is 0 Å². The molecule has 0 spiro atoms. The molecule has 0 saturated heterocycles. The normalized spacial score (nSPS) is 10.6. The van der Waals surface area contributed by atoms with Crippen molar-refractivity contribution in [2.24, 2.45) is 0 Å². The molecule has 0 aromatic carbocycles. The van der Waals surface area contributed by atoms with E-state index in [9.17, 15) is 0 Å². The number of aromatic amines is 1. The first-order valence-corrected chi connectivity index (χ1v) is 5.68. The minimum absolute atomic E-state index is 0.778. The molecule has 0 amide bonds. The van der Waals surface area contributed by atoms with Crippen LogP contribution in [0.25, 0.3) is 0 Å². The number of hydrogen-bond acceptors (Lipinski definition) is 5. The lowest BCUT2D eigenvalue weighted by Gasteiger charge is -2.03. The molecule has 6 heteroatoms. The van der Waals surface area contributed by atoms with E-state index in [4.69, 9.17) is 0 Å². The fourth-order valence-electron chi connectivity index (χ4n) is 1.55. The maximum atomic E-state index is 4.32. The van der Waals surface area contributed by atoms with Gasteiger partial charge < -0.3 is 5.32 Å². The Morgan fingerprint density at radius 3 is 3.06 bits per heavy atom. The lowest BCUT2D eigenvalue weighted by atomic mass is 10.3. The average molecular weight is 232 g/mol. The molecule has 2 aromatic heterocycles. The Bertz CT molecular complexity index is 439. The molecule has 0 fully saturated rings. The fraction of sp³-hybridized carbons (Fsp3) is 0.455. The maximum absolute atomic E-state index is 4.32. The zero-order chi connectivity index (χ0) is 11.9. The van der Waals surface area contributed by atoms with Crippen molar-refractivity contribution in [3.05, 3.63) is 35.9 Å². The van der Waals surface area contributed by atoms with Crippen LogP contribution < -0.4 is 5.32 Å². The first-order valence-electron chi connectivity index (χ1n) is 5.68. The highest BCUT2D eigenvalue weighted by atomic mass is 15.2. The Labute approximate surface area is 99.9 Å². The number of rotatable bonds is 6. The van der Waals surface area contributed by atoms with Gasteiger partial charge in [0.25, 0.3) is 0 Å². The molecule has 0 saturated carbocycles. The van der Waals surface area contributed by atoms with Gasteiger partial charge in [0, 0.05) is 19.2 Å². The first kappa shape index (κ1) is 11.7. The van der Waals surface area contributed by atoms with Gasteiger partial charge >= 0.3 is 0 Å². The van der Waals surface area contributed by atoms with E-state index in [1.165, 1.54) is 6.33 Å². The molecular weight excluding hydrogens is 216 g/mol. The van der Waals surface area contributed by atoms with E-state index >= 15 is 0 Å². The van der Waals surface area contributed by atoms with Crippen LogP contribution in [0.4, 0.5) is 0 Å². The number of aromatic nitrogens is 5. The first-order chi connectivity index (χ1) is 8.34. The predicted molar refractivity (Wildman–Crippen MR) is 63.2 cm³/mol. The van der Waals surface area contributed by atoms with Crippen molar-refractivity contribution >= 4 is 0 Å². The van der Waals surface area contributed by atoms with Gasteiger partial charge in [-0.15, -0.1) is 0 Å². The van der Waals surface area contributed by atoms with Gasteiger partial charge in [-0.1, -0.05) is 0 Å². The zero-order valence-electron chi connectivity index (χ0n) is 9.85. The third kappa shape index (κ3) is 3.92. The molecule has 2 heterocycles. The summed E-state index contributed by atoms with van der Waals surface area (Å²) in [5, 5.41) is 9.99. The Kier molecular flexibility index (Phi) is 4.15. The summed E-state index contributed by atoms with van der Waals surface area (Å²) >= 11 is 0. The van der Waals surface area contributed by atoms with E-state index in [0.29, 0.717) is 0 Å². The lowest BCUT2D eigenvalue weighted by molar-refractivity contribution is 0.629. The number of aryl methyl sites for hydroxylation is 2. The third-order valence-electron chi connectivity index (χ3n) is 2.37. The Hall–Kier alpha value is -1.82. The number of hydrogen-bond donors (Lipinski definition) is 2. The largest absolute Gasteiger partial charge is 0.311 e. The summed E-state index contributed by atoms with van der Waals surface area (Å²) in [6.07, 6.45) is 5.26. The lowest BCUT2D eigenvalue weighted by Crippen LogP contribution is -2.16. The molecular formula is C11H16N6. The smallest absolute Gasteiger partial charge is 0.137 e. The molecule has 0 atom stereocenters. The van der Waals surface area contributed by atoms with E-state index in [2.05, 4.69) is 30.5 Å². The van der Waals surface area contributed by atoms with Gasteiger partial charge in [-0.2, -0.15) is 5.10 Å². The molecule has 2 aromatic rings. The summed E-state index contributed by atoms with van der Waals surface area (Å²) in [6, 6.07) is 1.93. The van der Waals surface area contributed by atoms with E-state index in [1.807, 2.05) is 13.0 Å². The summed E-state index contributed by atoms with van der Waals surface area (Å²) < 4.78 is 0. The van der Waals surface area contributed by atoms with Crippen molar-refractivity contribution in [1.29, 1.82) is 0 Å². The van der Waals surface area contributed by atoms with Crippen LogP contribution in [0.3, 0.4) is 0 Å². The van der Waals surface area contributed by atoms with Crippen LogP contribution in [0, 0.1) is 6.92 Å². The summed E-state index contributed by atoms with van der Waals surface area (Å²) in [6.45, 7) is 3.61. The van der Waals surface area contributed by atoms with Gasteiger partial charge in [-0.3, -0.25) is 5.10 Å². The highest BCUT2D eigenvalue weighted by Crippen LogP contribution is 1.95. The van der Waals surface area contributed by atoms with Gasteiger partial charge in [0.15, 0.2) is 0 Å². The van der Waals surface area contributed by atoms with Crippen LogP contribution in [0.1, 0.15) is 23.8 Å². The van der Waals surface area contributed by atoms with Crippen molar-refractivity contribution < 1.29 is 0 Å². The maximum Gasteiger partial charge on any atom is 0.137 e. The SMILES string of the molecule is Cc1nccc(CNCCCc2ncn[nH]2)n1. The van der Waals surface area contributed by atoms with Gasteiger partial charge in [-0.25, -0.2) is 15.0 Å². The van der Waals surface area contributed by atoms with Crippen LogP contribution in [0.5, 0.6) is 0 Å². The standard InChI is InChI=1S/C11H16N6/c1-9-13-6-4-10(16-9)7-12-5-2-3-11-14-8-15-17-11/h4,6,8,12H,2-3,5,7H2,1H3,(H,14,15,17). The van der Waals surface area contributed by atoms with Crippen LogP contribution in [-0.2, 0) is 13.0 Å². The summed E-state index contributed by atoms with van der Waals surface area (Å²) in [7, 11) is 0. The van der Waals surface area contributed by atoms with Crippen LogP contribution in [0.15, 0.2) is 18.6 Å². The minimum Gasteiger partial charge on any atom is -0.311 e. The van der Waals surface area contributed by atoms with E-state index < -0.39 is 0 Å². The second-order valence-electron chi connectivity index (χ2n) is 3.81. The van der Waals surface area contributed by atoms with Gasteiger partial charge in [-0.05, 0) is 26.0 Å². The summed E-state index contributed by atoms with van der Waals surface area (Å²) in [4.78, 5) is 12.4. The van der Waals surface area contributed by atoms with Gasteiger partial charge in [0.2, 0.25) is 0 Å². The quantitative estimate of drug-likeness (QED) is 0.714. The molecule has 17 heavy (non-hydrogen) atoms. The van der Waals surface area contributed by atoms with Crippen molar-refractivity contribution in [3.8, 4) is 0 Å². The molecule has 6 nitrogen and oxygen atoms in total. The molecule has 0 unspecified atom stereocenters. The fourth-order valence-corrected chi connectivity index (χ4v) is 1.55. The summed E-state index contributed by atoms with van der Waals surface area (Å²) in [5.41, 5.74) is 1.03. The molecule has 2 N–H and O–H groups in total. The number of H-pyrrole nitrogens is 1. The molecule has 0 aliphatic heterocycles. The van der Waals surface area contributed by atoms with Crippen molar-refractivity contribution in [1.82, 2.24) is 30.5 Å². The second-order valence-corrected chi connectivity index (χ2v) is 3.81. The van der Waals surface area contributed by atoms with E-state index in [1.54, 1.807) is 6.20 Å².